The van der Waals surface area contributed by atoms with E-state index >= 15 is 0 Å². The zero-order valence-electron chi connectivity index (χ0n) is 11.2. The van der Waals surface area contributed by atoms with E-state index in [1.54, 1.807) is 24.3 Å². The number of hydrogen-bond donors (Lipinski definition) is 0. The van der Waals surface area contributed by atoms with E-state index in [-0.39, 0.29) is 23.6 Å². The largest absolute Gasteiger partial charge is 0.490 e. The Labute approximate surface area is 126 Å². The summed E-state index contributed by atoms with van der Waals surface area (Å²) in [6.07, 6.45) is 0.168. The third-order valence-electron chi connectivity index (χ3n) is 2.95. The number of rotatable bonds is 5. The second-order valence-electron chi connectivity index (χ2n) is 4.37. The van der Waals surface area contributed by atoms with Gasteiger partial charge in [0.2, 0.25) is 0 Å². The number of hydrogen-bond acceptors (Lipinski definition) is 4. The molecule has 0 aliphatic heterocycles. The highest BCUT2D eigenvalue weighted by atomic mass is 35.5. The van der Waals surface area contributed by atoms with Crippen LogP contribution in [0, 0.1) is 10.1 Å². The molecule has 0 aliphatic carbocycles. The van der Waals surface area contributed by atoms with Crippen LogP contribution < -0.4 is 4.74 Å². The summed E-state index contributed by atoms with van der Waals surface area (Å²) in [6, 6.07) is 11.1. The molecule has 0 saturated carbocycles. The summed E-state index contributed by atoms with van der Waals surface area (Å²) in [6.45, 7) is 0. The third kappa shape index (κ3) is 3.58. The standard InChI is InChI=1S/C15H12ClNO4/c1-21-15-9-11(5-6-13(15)17(19)20)14(18)8-10-3-2-4-12(16)7-10/h2-7,9H,8H2,1H3. The van der Waals surface area contributed by atoms with E-state index < -0.39 is 4.92 Å². The van der Waals surface area contributed by atoms with Crippen molar-refractivity contribution >= 4 is 23.1 Å². The third-order valence-corrected chi connectivity index (χ3v) is 3.19. The zero-order valence-corrected chi connectivity index (χ0v) is 12.0. The van der Waals surface area contributed by atoms with Gasteiger partial charge in [0, 0.05) is 23.1 Å². The smallest absolute Gasteiger partial charge is 0.310 e. The predicted octanol–water partition coefficient (Wildman–Crippen LogP) is 3.68. The molecule has 0 unspecified atom stereocenters. The lowest BCUT2D eigenvalue weighted by Crippen LogP contribution is -2.04. The number of carbonyl (C=O) groups excluding carboxylic acids is 1. The second kappa shape index (κ2) is 6.37. The Morgan fingerprint density at radius 3 is 2.67 bits per heavy atom. The van der Waals surface area contributed by atoms with Crippen molar-refractivity contribution < 1.29 is 14.5 Å². The fraction of sp³-hybridized carbons (Fsp3) is 0.133. The summed E-state index contributed by atoms with van der Waals surface area (Å²) >= 11 is 5.87. The molecule has 21 heavy (non-hydrogen) atoms. The van der Waals surface area contributed by atoms with Crippen LogP contribution in [0.15, 0.2) is 42.5 Å². The number of ether oxygens (including phenoxy) is 1. The van der Waals surface area contributed by atoms with E-state index in [2.05, 4.69) is 0 Å². The van der Waals surface area contributed by atoms with Crippen molar-refractivity contribution in [2.45, 2.75) is 6.42 Å². The number of methoxy groups -OCH3 is 1. The van der Waals surface area contributed by atoms with Crippen LogP contribution in [0.3, 0.4) is 0 Å². The molecule has 108 valence electrons. The number of nitro groups is 1. The maximum absolute atomic E-state index is 12.2. The van der Waals surface area contributed by atoms with E-state index in [4.69, 9.17) is 16.3 Å². The SMILES string of the molecule is COc1cc(C(=O)Cc2cccc(Cl)c2)ccc1[N+](=O)[O-]. The monoisotopic (exact) mass is 305 g/mol. The lowest BCUT2D eigenvalue weighted by atomic mass is 10.0. The lowest BCUT2D eigenvalue weighted by Gasteiger charge is -2.05. The van der Waals surface area contributed by atoms with E-state index in [1.807, 2.05) is 0 Å². The summed E-state index contributed by atoms with van der Waals surface area (Å²) < 4.78 is 4.95. The molecule has 0 aromatic heterocycles. The maximum atomic E-state index is 12.2. The van der Waals surface area contributed by atoms with Gasteiger partial charge in [-0.25, -0.2) is 0 Å². The van der Waals surface area contributed by atoms with Gasteiger partial charge in [0.1, 0.15) is 0 Å². The lowest BCUT2D eigenvalue weighted by molar-refractivity contribution is -0.385. The molecule has 0 atom stereocenters. The van der Waals surface area contributed by atoms with Crippen LogP contribution >= 0.6 is 11.6 Å². The molecule has 0 bridgehead atoms. The number of nitro benzene ring substituents is 1. The van der Waals surface area contributed by atoms with Crippen LogP contribution in [0.4, 0.5) is 5.69 Å². The van der Waals surface area contributed by atoms with E-state index in [0.717, 1.165) is 5.56 Å². The molecule has 0 radical (unpaired) electrons. The molecule has 0 fully saturated rings. The van der Waals surface area contributed by atoms with Crippen LogP contribution in [-0.2, 0) is 6.42 Å². The quantitative estimate of drug-likeness (QED) is 0.480. The van der Waals surface area contributed by atoms with Gasteiger partial charge in [-0.05, 0) is 29.8 Å². The van der Waals surface area contributed by atoms with Crippen LogP contribution in [0.1, 0.15) is 15.9 Å². The summed E-state index contributed by atoms with van der Waals surface area (Å²) in [5.41, 5.74) is 0.971. The Bertz CT molecular complexity index is 700. The Hall–Kier alpha value is -2.40. The Balaban J connectivity index is 2.25. The molecule has 6 heteroatoms. The average molecular weight is 306 g/mol. The minimum atomic E-state index is -0.552. The predicted molar refractivity (Wildman–Crippen MR) is 79.1 cm³/mol. The van der Waals surface area contributed by atoms with Gasteiger partial charge >= 0.3 is 5.69 Å². The molecule has 5 nitrogen and oxygen atoms in total. The van der Waals surface area contributed by atoms with Crippen molar-refractivity contribution in [3.63, 3.8) is 0 Å². The Kier molecular flexibility index (Phi) is 4.55. The second-order valence-corrected chi connectivity index (χ2v) is 4.81. The number of nitrogens with zero attached hydrogens (tertiary/aromatic N) is 1. The Morgan fingerprint density at radius 1 is 1.29 bits per heavy atom. The van der Waals surface area contributed by atoms with Gasteiger partial charge in [0.15, 0.2) is 11.5 Å². The number of benzene rings is 2. The van der Waals surface area contributed by atoms with Crippen LogP contribution in [-0.4, -0.2) is 17.8 Å². The first-order chi connectivity index (χ1) is 10.0. The Morgan fingerprint density at radius 2 is 2.05 bits per heavy atom. The molecular formula is C15H12ClNO4. The normalized spacial score (nSPS) is 10.2. The molecule has 2 rings (SSSR count). The number of Topliss-reactive ketones (excluding diaryl/α,β-unsaturated/α-hetero) is 1. The van der Waals surface area contributed by atoms with Gasteiger partial charge in [0.25, 0.3) is 0 Å². The van der Waals surface area contributed by atoms with Crippen molar-refractivity contribution in [3.05, 3.63) is 68.7 Å². The molecule has 0 amide bonds. The van der Waals surface area contributed by atoms with Gasteiger partial charge in [0.05, 0.1) is 12.0 Å². The summed E-state index contributed by atoms with van der Waals surface area (Å²) in [5, 5.41) is 11.4. The van der Waals surface area contributed by atoms with Crippen LogP contribution in [0.2, 0.25) is 5.02 Å². The number of halogens is 1. The van der Waals surface area contributed by atoms with E-state index in [0.29, 0.717) is 10.6 Å². The molecule has 0 aliphatic rings. The highest BCUT2D eigenvalue weighted by molar-refractivity contribution is 6.30. The average Bonchev–Trinajstić information content (AvgIpc) is 2.46. The number of carbonyl (C=O) groups is 1. The van der Waals surface area contributed by atoms with E-state index in [9.17, 15) is 14.9 Å². The van der Waals surface area contributed by atoms with E-state index in [1.165, 1.54) is 25.3 Å². The van der Waals surface area contributed by atoms with Crippen LogP contribution in [0.25, 0.3) is 0 Å². The maximum Gasteiger partial charge on any atom is 0.310 e. The molecule has 0 heterocycles. The summed E-state index contributed by atoms with van der Waals surface area (Å²) in [5.74, 6) is -0.0950. The molecule has 0 spiro atoms. The molecule has 2 aromatic carbocycles. The number of ketones is 1. The first-order valence-corrected chi connectivity index (χ1v) is 6.49. The van der Waals surface area contributed by atoms with Gasteiger partial charge in [-0.1, -0.05) is 23.7 Å². The van der Waals surface area contributed by atoms with Crippen molar-refractivity contribution in [2.24, 2.45) is 0 Å². The fourth-order valence-corrected chi connectivity index (χ4v) is 2.15. The highest BCUT2D eigenvalue weighted by Gasteiger charge is 2.17. The first-order valence-electron chi connectivity index (χ1n) is 6.11. The molecule has 0 N–H and O–H groups in total. The first kappa shape index (κ1) is 15.0. The molecular weight excluding hydrogens is 294 g/mol. The van der Waals surface area contributed by atoms with Crippen molar-refractivity contribution in [1.29, 1.82) is 0 Å². The zero-order chi connectivity index (χ0) is 15.4. The van der Waals surface area contributed by atoms with Crippen molar-refractivity contribution in [1.82, 2.24) is 0 Å². The van der Waals surface area contributed by atoms with Gasteiger partial charge in [-0.3, -0.25) is 14.9 Å². The fourth-order valence-electron chi connectivity index (χ4n) is 1.94. The van der Waals surface area contributed by atoms with Crippen molar-refractivity contribution in [2.75, 3.05) is 7.11 Å². The minimum Gasteiger partial charge on any atom is -0.490 e. The van der Waals surface area contributed by atoms with Crippen LogP contribution in [0.5, 0.6) is 5.75 Å². The van der Waals surface area contributed by atoms with Crippen molar-refractivity contribution in [3.8, 4) is 5.75 Å². The highest BCUT2D eigenvalue weighted by Crippen LogP contribution is 2.28. The topological polar surface area (TPSA) is 69.4 Å². The molecule has 0 saturated heterocycles. The molecule has 2 aromatic rings. The summed E-state index contributed by atoms with van der Waals surface area (Å²) in [7, 11) is 1.33. The van der Waals surface area contributed by atoms with Gasteiger partial charge < -0.3 is 4.74 Å². The minimum absolute atomic E-state index is 0.0666. The summed E-state index contributed by atoms with van der Waals surface area (Å²) in [4.78, 5) is 22.5. The van der Waals surface area contributed by atoms with Gasteiger partial charge in [-0.2, -0.15) is 0 Å². The van der Waals surface area contributed by atoms with Gasteiger partial charge in [-0.15, -0.1) is 0 Å².